The number of carbonyl (C=O) groups excluding carboxylic acids is 2. The van der Waals surface area contributed by atoms with Crippen molar-refractivity contribution in [3.05, 3.63) is 178 Å². The number of aromatic nitrogens is 2. The Morgan fingerprint density at radius 2 is 1.39 bits per heavy atom. The molecule has 6 aromatic rings. The molecule has 0 bridgehead atoms. The molecule has 2 aliphatic carbocycles. The van der Waals surface area contributed by atoms with Crippen LogP contribution < -0.4 is 31.6 Å². The van der Waals surface area contributed by atoms with E-state index in [0.29, 0.717) is 34.6 Å². The van der Waals surface area contributed by atoms with Crippen molar-refractivity contribution in [3.8, 4) is 23.1 Å². The maximum atomic E-state index is 11.7. The molecule has 2 atom stereocenters. The fourth-order valence-corrected chi connectivity index (χ4v) is 7.62. The molecular weight excluding hydrogens is 713 g/mol. The number of pyridine rings is 2. The molecular formula is C47H48N6O4. The van der Waals surface area contributed by atoms with Gasteiger partial charge in [0.15, 0.2) is 0 Å². The Hall–Kier alpha value is -6.36. The van der Waals surface area contributed by atoms with Crippen LogP contribution in [-0.2, 0) is 25.9 Å². The monoisotopic (exact) mass is 760 g/mol. The van der Waals surface area contributed by atoms with Gasteiger partial charge in [-0.15, -0.1) is 0 Å². The van der Waals surface area contributed by atoms with Crippen LogP contribution in [0.2, 0.25) is 0 Å². The minimum Gasteiger partial charge on any atom is -0.456 e. The zero-order chi connectivity index (χ0) is 39.4. The number of nitrogens with two attached hydrogens (primary N) is 2. The zero-order valence-electron chi connectivity index (χ0n) is 31.9. The summed E-state index contributed by atoms with van der Waals surface area (Å²) in [7, 11) is 0. The first-order valence-corrected chi connectivity index (χ1v) is 19.5. The fourth-order valence-electron chi connectivity index (χ4n) is 7.62. The summed E-state index contributed by atoms with van der Waals surface area (Å²) in [6.45, 7) is 3.60. The summed E-state index contributed by atoms with van der Waals surface area (Å²) in [5, 5.41) is 7.17. The minimum atomic E-state index is -0.541. The van der Waals surface area contributed by atoms with Crippen molar-refractivity contribution in [2.45, 2.75) is 57.0 Å². The summed E-state index contributed by atoms with van der Waals surface area (Å²) in [5.74, 6) is 2.33. The van der Waals surface area contributed by atoms with E-state index in [1.807, 2.05) is 30.3 Å². The molecule has 8 rings (SSSR count). The van der Waals surface area contributed by atoms with Crippen molar-refractivity contribution < 1.29 is 19.1 Å². The van der Waals surface area contributed by atoms with E-state index in [9.17, 15) is 9.59 Å². The highest BCUT2D eigenvalue weighted by atomic mass is 16.5. The lowest BCUT2D eigenvalue weighted by Gasteiger charge is -2.27. The molecule has 0 saturated carbocycles. The maximum Gasteiger partial charge on any atom is 0.254 e. The molecule has 57 heavy (non-hydrogen) atoms. The summed E-state index contributed by atoms with van der Waals surface area (Å²) in [4.78, 5) is 31.0. The first-order valence-electron chi connectivity index (χ1n) is 19.5. The molecule has 10 heteroatoms. The summed E-state index contributed by atoms with van der Waals surface area (Å²) in [6.07, 6.45) is 9.96. The normalized spacial score (nSPS) is 15.4. The Balaban J connectivity index is 0.000000174. The Labute approximate surface area is 333 Å². The fraction of sp³-hybridized carbons (Fsp3) is 0.234. The van der Waals surface area contributed by atoms with Crippen molar-refractivity contribution in [3.63, 3.8) is 0 Å². The number of ether oxygens (including phenoxy) is 2. The predicted molar refractivity (Wildman–Crippen MR) is 222 cm³/mol. The molecule has 0 fully saturated rings. The van der Waals surface area contributed by atoms with E-state index >= 15 is 0 Å². The van der Waals surface area contributed by atoms with E-state index in [0.717, 1.165) is 69.8 Å². The number of aryl methyl sites for hydroxylation is 1. The molecule has 2 heterocycles. The quantitative estimate of drug-likeness (QED) is 0.0872. The van der Waals surface area contributed by atoms with Crippen LogP contribution in [0, 0.1) is 0 Å². The lowest BCUT2D eigenvalue weighted by atomic mass is 9.82. The van der Waals surface area contributed by atoms with Crippen molar-refractivity contribution in [1.29, 1.82) is 0 Å². The second-order valence-electron chi connectivity index (χ2n) is 14.4. The van der Waals surface area contributed by atoms with E-state index in [4.69, 9.17) is 20.9 Å². The molecule has 6 N–H and O–H groups in total. The number of rotatable bonds is 14. The number of fused-ring (bicyclic) bond motifs is 2. The van der Waals surface area contributed by atoms with E-state index in [-0.39, 0.29) is 0 Å². The average Bonchev–Trinajstić information content (AvgIpc) is 3.64. The first-order chi connectivity index (χ1) is 27.9. The lowest BCUT2D eigenvalue weighted by Crippen LogP contribution is -2.24. The standard InChI is InChI=1S/C24H25N3O2.C23H23N3O2/c25-24(28)21-16-26-13-12-23(21)29-22-11-5-9-19-18(8-4-10-20(19)22)15-27-14-17-6-2-1-3-7-17;24-23(27)19-9-11-22(26-15-19)28-20-10-8-17-6-7-18(21(17)12-20)14-25-13-16-4-2-1-3-5-16/h1-3,5-7,9,11-13,16,18,27H,4,8,10,14-15H2,(H2,25,28);1-5,8-12,15,18,25H,6-7,13-14H2,(H2,24,27). The third kappa shape index (κ3) is 10.3. The van der Waals surface area contributed by atoms with Gasteiger partial charge in [0, 0.05) is 50.8 Å². The lowest BCUT2D eigenvalue weighted by molar-refractivity contribution is 0.0990. The van der Waals surface area contributed by atoms with Crippen LogP contribution in [0.15, 0.2) is 134 Å². The molecule has 2 amide bonds. The van der Waals surface area contributed by atoms with Gasteiger partial charge in [0.05, 0.1) is 5.56 Å². The highest BCUT2D eigenvalue weighted by molar-refractivity contribution is 5.95. The van der Waals surface area contributed by atoms with E-state index in [1.165, 1.54) is 45.8 Å². The number of primary amides is 2. The van der Waals surface area contributed by atoms with E-state index < -0.39 is 11.8 Å². The first kappa shape index (κ1) is 38.9. The number of nitrogens with zero attached hydrogens (tertiary/aromatic N) is 2. The van der Waals surface area contributed by atoms with Crippen molar-refractivity contribution in [1.82, 2.24) is 20.6 Å². The summed E-state index contributed by atoms with van der Waals surface area (Å²) >= 11 is 0. The highest BCUT2D eigenvalue weighted by Gasteiger charge is 2.25. The third-order valence-electron chi connectivity index (χ3n) is 10.5. The van der Waals surface area contributed by atoms with Gasteiger partial charge in [0.1, 0.15) is 22.8 Å². The second-order valence-corrected chi connectivity index (χ2v) is 14.4. The molecule has 290 valence electrons. The molecule has 2 aliphatic rings. The minimum absolute atomic E-state index is 0.294. The van der Waals surface area contributed by atoms with Crippen LogP contribution in [0.5, 0.6) is 23.1 Å². The van der Waals surface area contributed by atoms with E-state index in [1.54, 1.807) is 24.4 Å². The van der Waals surface area contributed by atoms with Crippen LogP contribution in [-0.4, -0.2) is 34.9 Å². The summed E-state index contributed by atoms with van der Waals surface area (Å²) < 4.78 is 12.0. The second kappa shape index (κ2) is 19.0. The van der Waals surface area contributed by atoms with Gasteiger partial charge >= 0.3 is 0 Å². The Morgan fingerprint density at radius 3 is 2.05 bits per heavy atom. The van der Waals surface area contributed by atoms with Crippen LogP contribution in [0.25, 0.3) is 0 Å². The zero-order valence-corrected chi connectivity index (χ0v) is 31.9. The molecule has 2 aromatic heterocycles. The summed E-state index contributed by atoms with van der Waals surface area (Å²) in [5.41, 5.74) is 19.2. The van der Waals surface area contributed by atoms with Gasteiger partial charge in [-0.25, -0.2) is 4.98 Å². The maximum absolute atomic E-state index is 11.7. The average molecular weight is 761 g/mol. The molecule has 4 aromatic carbocycles. The van der Waals surface area contributed by atoms with Gasteiger partial charge in [0.25, 0.3) is 5.91 Å². The number of benzene rings is 4. The van der Waals surface area contributed by atoms with Gasteiger partial charge in [-0.3, -0.25) is 14.6 Å². The van der Waals surface area contributed by atoms with Crippen molar-refractivity contribution in [2.24, 2.45) is 11.5 Å². The molecule has 10 nitrogen and oxygen atoms in total. The SMILES string of the molecule is NC(=O)c1ccc(Oc2ccc3c(c2)C(CNCc2ccccc2)CC3)nc1.NC(=O)c1cnccc1Oc1cccc2c1CCCC2CNCc1ccccc1. The number of amides is 2. The van der Waals surface area contributed by atoms with Gasteiger partial charge in [-0.05, 0) is 108 Å². The molecule has 2 unspecified atom stereocenters. The Kier molecular flexibility index (Phi) is 13.0. The predicted octanol–water partition coefficient (Wildman–Crippen LogP) is 7.97. The van der Waals surface area contributed by atoms with Crippen LogP contribution in [0.1, 0.15) is 85.2 Å². The van der Waals surface area contributed by atoms with Gasteiger partial charge in [0.2, 0.25) is 11.8 Å². The van der Waals surface area contributed by atoms with Crippen LogP contribution >= 0.6 is 0 Å². The molecule has 0 spiro atoms. The smallest absolute Gasteiger partial charge is 0.254 e. The third-order valence-corrected chi connectivity index (χ3v) is 10.5. The number of nitrogens with one attached hydrogen (secondary N) is 2. The van der Waals surface area contributed by atoms with Crippen molar-refractivity contribution >= 4 is 11.8 Å². The van der Waals surface area contributed by atoms with Crippen LogP contribution in [0.4, 0.5) is 0 Å². The largest absolute Gasteiger partial charge is 0.456 e. The Morgan fingerprint density at radius 1 is 0.667 bits per heavy atom. The van der Waals surface area contributed by atoms with Gasteiger partial charge in [-0.1, -0.05) is 78.9 Å². The molecule has 0 saturated heterocycles. The van der Waals surface area contributed by atoms with Crippen LogP contribution in [0.3, 0.4) is 0 Å². The van der Waals surface area contributed by atoms with Gasteiger partial charge in [-0.2, -0.15) is 0 Å². The number of carbonyl (C=O) groups is 2. The van der Waals surface area contributed by atoms with Crippen molar-refractivity contribution in [2.75, 3.05) is 13.1 Å². The number of hydrogen-bond donors (Lipinski definition) is 4. The number of hydrogen-bond acceptors (Lipinski definition) is 8. The molecule has 0 aliphatic heterocycles. The van der Waals surface area contributed by atoms with Gasteiger partial charge < -0.3 is 31.6 Å². The summed E-state index contributed by atoms with van der Waals surface area (Å²) in [6, 6.07) is 38.2. The van der Waals surface area contributed by atoms with E-state index in [2.05, 4.69) is 87.3 Å². The topological polar surface area (TPSA) is 154 Å². The highest BCUT2D eigenvalue weighted by Crippen LogP contribution is 2.39. The molecule has 0 radical (unpaired) electrons. The Bertz CT molecular complexity index is 2270.